The molecule has 0 saturated carbocycles. The van der Waals surface area contributed by atoms with E-state index in [1.807, 2.05) is 0 Å². The first-order valence-electron chi connectivity index (χ1n) is 5.56. The first-order chi connectivity index (χ1) is 7.75. The molecule has 0 aliphatic carbocycles. The molecular formula is C10H18N2O4S. The molecule has 1 fully saturated rings. The van der Waals surface area contributed by atoms with E-state index in [9.17, 15) is 18.0 Å². The fourth-order valence-corrected chi connectivity index (χ4v) is 2.63. The fourth-order valence-electron chi connectivity index (χ4n) is 1.78. The summed E-state index contributed by atoms with van der Waals surface area (Å²) in [7, 11) is -3.43. The van der Waals surface area contributed by atoms with E-state index >= 15 is 0 Å². The number of primary amides is 1. The van der Waals surface area contributed by atoms with Gasteiger partial charge in [-0.25, -0.2) is 8.42 Å². The highest BCUT2D eigenvalue weighted by molar-refractivity contribution is 7.92. The van der Waals surface area contributed by atoms with Crippen molar-refractivity contribution in [2.45, 2.75) is 38.0 Å². The van der Waals surface area contributed by atoms with Crippen molar-refractivity contribution in [1.82, 2.24) is 4.90 Å². The minimum absolute atomic E-state index is 0.403. The van der Waals surface area contributed by atoms with Crippen LogP contribution in [0, 0.1) is 0 Å². The second kappa shape index (κ2) is 5.03. The van der Waals surface area contributed by atoms with Gasteiger partial charge in [-0.3, -0.25) is 9.59 Å². The first kappa shape index (κ1) is 14.0. The third-order valence-corrected chi connectivity index (χ3v) is 5.03. The second-order valence-corrected chi connectivity index (χ2v) is 7.06. The van der Waals surface area contributed by atoms with Crippen LogP contribution in [0.3, 0.4) is 0 Å². The van der Waals surface area contributed by atoms with Crippen molar-refractivity contribution in [3.8, 4) is 0 Å². The molecule has 0 aromatic carbocycles. The van der Waals surface area contributed by atoms with Gasteiger partial charge in [-0.15, -0.1) is 0 Å². The minimum Gasteiger partial charge on any atom is -0.368 e. The Morgan fingerprint density at radius 2 is 2.00 bits per heavy atom. The van der Waals surface area contributed by atoms with Gasteiger partial charge in [-0.1, -0.05) is 0 Å². The van der Waals surface area contributed by atoms with Crippen molar-refractivity contribution < 1.29 is 18.0 Å². The van der Waals surface area contributed by atoms with Crippen LogP contribution in [0.2, 0.25) is 0 Å². The smallest absolute Gasteiger partial charge is 0.240 e. The van der Waals surface area contributed by atoms with Gasteiger partial charge < -0.3 is 10.6 Å². The highest BCUT2D eigenvalue weighted by Crippen LogP contribution is 2.18. The van der Waals surface area contributed by atoms with Gasteiger partial charge >= 0.3 is 0 Å². The Bertz CT molecular complexity index is 416. The Labute approximate surface area is 101 Å². The normalized spacial score (nSPS) is 20.9. The molecule has 0 unspecified atom stereocenters. The number of rotatable bonds is 4. The predicted molar refractivity (Wildman–Crippen MR) is 62.9 cm³/mol. The number of hydrogen-bond donors (Lipinski definition) is 1. The summed E-state index contributed by atoms with van der Waals surface area (Å²) in [5.41, 5.74) is 5.17. The summed E-state index contributed by atoms with van der Waals surface area (Å²) >= 11 is 0. The SMILES string of the molecule is CC(C)S(=O)(=O)CC(=O)N1CCC[C@H]1C(N)=O. The van der Waals surface area contributed by atoms with Gasteiger partial charge in [0, 0.05) is 6.54 Å². The molecule has 0 aromatic rings. The van der Waals surface area contributed by atoms with Crippen LogP contribution in [0.15, 0.2) is 0 Å². The Hall–Kier alpha value is -1.11. The lowest BCUT2D eigenvalue weighted by molar-refractivity contribution is -0.135. The van der Waals surface area contributed by atoms with E-state index in [0.29, 0.717) is 19.4 Å². The monoisotopic (exact) mass is 262 g/mol. The number of likely N-dealkylation sites (tertiary alicyclic amines) is 1. The van der Waals surface area contributed by atoms with E-state index in [-0.39, 0.29) is 0 Å². The lowest BCUT2D eigenvalue weighted by atomic mass is 10.2. The van der Waals surface area contributed by atoms with Crippen LogP contribution in [0.5, 0.6) is 0 Å². The highest BCUT2D eigenvalue weighted by Gasteiger charge is 2.34. The molecule has 1 rings (SSSR count). The molecule has 2 N–H and O–H groups in total. The molecule has 1 saturated heterocycles. The average molecular weight is 262 g/mol. The maximum Gasteiger partial charge on any atom is 0.240 e. The van der Waals surface area contributed by atoms with Crippen molar-refractivity contribution in [3.05, 3.63) is 0 Å². The van der Waals surface area contributed by atoms with Gasteiger partial charge in [0.25, 0.3) is 0 Å². The molecule has 7 heteroatoms. The van der Waals surface area contributed by atoms with Crippen LogP contribution in [0.4, 0.5) is 0 Å². The minimum atomic E-state index is -3.43. The van der Waals surface area contributed by atoms with E-state index < -0.39 is 38.7 Å². The largest absolute Gasteiger partial charge is 0.368 e. The maximum absolute atomic E-state index is 11.8. The molecule has 98 valence electrons. The number of amides is 2. The van der Waals surface area contributed by atoms with Crippen LogP contribution in [0.25, 0.3) is 0 Å². The molecule has 0 bridgehead atoms. The molecule has 6 nitrogen and oxygen atoms in total. The standard InChI is InChI=1S/C10H18N2O4S/c1-7(2)17(15,16)6-9(13)12-5-3-4-8(12)10(11)14/h7-8H,3-6H2,1-2H3,(H2,11,14)/t8-/m0/s1. The molecule has 0 aromatic heterocycles. The number of nitrogens with two attached hydrogens (primary N) is 1. The average Bonchev–Trinajstić information content (AvgIpc) is 2.64. The zero-order valence-corrected chi connectivity index (χ0v) is 10.9. The Morgan fingerprint density at radius 1 is 1.41 bits per heavy atom. The van der Waals surface area contributed by atoms with Crippen LogP contribution in [-0.2, 0) is 19.4 Å². The molecule has 1 atom stereocenters. The number of carbonyl (C=O) groups is 2. The molecular weight excluding hydrogens is 244 g/mol. The van der Waals surface area contributed by atoms with Gasteiger partial charge in [0.1, 0.15) is 11.8 Å². The van der Waals surface area contributed by atoms with Crippen molar-refractivity contribution in [2.24, 2.45) is 5.73 Å². The van der Waals surface area contributed by atoms with Crippen LogP contribution in [0.1, 0.15) is 26.7 Å². The third kappa shape index (κ3) is 3.18. The summed E-state index contributed by atoms with van der Waals surface area (Å²) in [6.45, 7) is 3.45. The second-order valence-electron chi connectivity index (χ2n) is 4.50. The molecule has 1 heterocycles. The quantitative estimate of drug-likeness (QED) is 0.723. The van der Waals surface area contributed by atoms with E-state index in [2.05, 4.69) is 0 Å². The van der Waals surface area contributed by atoms with Crippen LogP contribution >= 0.6 is 0 Å². The number of carbonyl (C=O) groups excluding carboxylic acids is 2. The Balaban J connectivity index is 2.75. The number of nitrogens with zero attached hydrogens (tertiary/aromatic N) is 1. The van der Waals surface area contributed by atoms with Gasteiger partial charge in [0.2, 0.25) is 11.8 Å². The van der Waals surface area contributed by atoms with Gasteiger partial charge in [0.05, 0.1) is 5.25 Å². The summed E-state index contributed by atoms with van der Waals surface area (Å²) < 4.78 is 23.2. The van der Waals surface area contributed by atoms with E-state index in [4.69, 9.17) is 5.73 Å². The zero-order valence-electron chi connectivity index (χ0n) is 10.0. The summed E-state index contributed by atoms with van der Waals surface area (Å²) in [6.07, 6.45) is 1.20. The highest BCUT2D eigenvalue weighted by atomic mass is 32.2. The van der Waals surface area contributed by atoms with Gasteiger partial charge in [-0.05, 0) is 26.7 Å². The van der Waals surface area contributed by atoms with Crippen molar-refractivity contribution in [2.75, 3.05) is 12.3 Å². The summed E-state index contributed by atoms with van der Waals surface area (Å²) in [5, 5.41) is -0.596. The Kier molecular flexibility index (Phi) is 4.13. The molecule has 1 aliphatic heterocycles. The van der Waals surface area contributed by atoms with Crippen molar-refractivity contribution in [1.29, 1.82) is 0 Å². The summed E-state index contributed by atoms with van der Waals surface area (Å²) in [5.74, 6) is -1.65. The third-order valence-electron chi connectivity index (χ3n) is 2.94. The van der Waals surface area contributed by atoms with Gasteiger partial charge in [0.15, 0.2) is 9.84 Å². The lowest BCUT2D eigenvalue weighted by Gasteiger charge is -2.22. The van der Waals surface area contributed by atoms with Crippen LogP contribution < -0.4 is 5.73 Å². The molecule has 0 radical (unpaired) electrons. The van der Waals surface area contributed by atoms with E-state index in [1.165, 1.54) is 18.7 Å². The number of sulfone groups is 1. The molecule has 1 aliphatic rings. The zero-order chi connectivity index (χ0) is 13.2. The Morgan fingerprint density at radius 3 is 2.47 bits per heavy atom. The fraction of sp³-hybridized carbons (Fsp3) is 0.800. The topological polar surface area (TPSA) is 97.5 Å². The lowest BCUT2D eigenvalue weighted by Crippen LogP contribution is -2.46. The van der Waals surface area contributed by atoms with Crippen molar-refractivity contribution >= 4 is 21.7 Å². The van der Waals surface area contributed by atoms with Gasteiger partial charge in [-0.2, -0.15) is 0 Å². The molecule has 0 spiro atoms. The predicted octanol–water partition coefficient (Wildman–Crippen LogP) is -0.714. The molecule has 17 heavy (non-hydrogen) atoms. The number of hydrogen-bond acceptors (Lipinski definition) is 4. The van der Waals surface area contributed by atoms with Crippen LogP contribution in [-0.4, -0.2) is 48.7 Å². The summed E-state index contributed by atoms with van der Waals surface area (Å²) in [4.78, 5) is 24.2. The summed E-state index contributed by atoms with van der Waals surface area (Å²) in [6, 6.07) is -0.648. The van der Waals surface area contributed by atoms with Crippen molar-refractivity contribution in [3.63, 3.8) is 0 Å². The molecule has 2 amide bonds. The van der Waals surface area contributed by atoms with E-state index in [0.717, 1.165) is 0 Å². The first-order valence-corrected chi connectivity index (χ1v) is 7.27. The van der Waals surface area contributed by atoms with E-state index in [1.54, 1.807) is 0 Å². The maximum atomic E-state index is 11.8.